The van der Waals surface area contributed by atoms with E-state index >= 15 is 0 Å². The first kappa shape index (κ1) is 20.1. The Morgan fingerprint density at radius 1 is 1.24 bits per heavy atom. The Hall–Kier alpha value is -2.20. The van der Waals surface area contributed by atoms with E-state index in [0.717, 1.165) is 31.5 Å². The Morgan fingerprint density at radius 2 is 2.03 bits per heavy atom. The second-order valence-corrected chi connectivity index (χ2v) is 8.10. The van der Waals surface area contributed by atoms with Gasteiger partial charge in [0.15, 0.2) is 0 Å². The topological polar surface area (TPSA) is 76.8 Å². The smallest absolute Gasteiger partial charge is 0.238 e. The Kier molecular flexibility index (Phi) is 6.29. The van der Waals surface area contributed by atoms with Crippen LogP contribution in [0.4, 0.5) is 0 Å². The van der Waals surface area contributed by atoms with Crippen LogP contribution >= 0.6 is 0 Å². The molecule has 4 rings (SSSR count). The highest BCUT2D eigenvalue weighted by Gasteiger charge is 2.52. The summed E-state index contributed by atoms with van der Waals surface area (Å²) in [6, 6.07) is 9.66. The van der Waals surface area contributed by atoms with Gasteiger partial charge in [-0.2, -0.15) is 5.26 Å². The van der Waals surface area contributed by atoms with Crippen molar-refractivity contribution in [2.45, 2.75) is 43.7 Å². The fourth-order valence-electron chi connectivity index (χ4n) is 4.92. The van der Waals surface area contributed by atoms with Crippen molar-refractivity contribution in [1.82, 2.24) is 9.80 Å². The maximum absolute atomic E-state index is 13.0. The van der Waals surface area contributed by atoms with Crippen molar-refractivity contribution >= 4 is 11.5 Å². The first-order valence-corrected chi connectivity index (χ1v) is 10.6. The van der Waals surface area contributed by atoms with Gasteiger partial charge in [0.05, 0.1) is 38.5 Å². The van der Waals surface area contributed by atoms with Crippen molar-refractivity contribution in [3.63, 3.8) is 0 Å². The van der Waals surface area contributed by atoms with E-state index < -0.39 is 6.04 Å². The van der Waals surface area contributed by atoms with E-state index in [1.54, 1.807) is 4.90 Å². The molecule has 3 atom stereocenters. The first-order chi connectivity index (χ1) is 14.2. The molecule has 0 aromatic heterocycles. The number of nitrogens with zero attached hydrogens (tertiary/aromatic N) is 3. The predicted octanol–water partition coefficient (Wildman–Crippen LogP) is 2.16. The lowest BCUT2D eigenvalue weighted by molar-refractivity contribution is -0.149. The van der Waals surface area contributed by atoms with Crippen LogP contribution in [0, 0.1) is 11.3 Å². The minimum atomic E-state index is -0.536. The van der Waals surface area contributed by atoms with Crippen LogP contribution < -0.4 is 0 Å². The molecule has 2 heterocycles. The lowest BCUT2D eigenvalue weighted by Crippen LogP contribution is -2.66. The zero-order chi connectivity index (χ0) is 20.2. The van der Waals surface area contributed by atoms with Crippen LogP contribution in [0.1, 0.15) is 42.7 Å². The molecule has 1 aromatic rings. The lowest BCUT2D eigenvalue weighted by Gasteiger charge is -2.52. The van der Waals surface area contributed by atoms with Crippen molar-refractivity contribution in [2.75, 3.05) is 39.5 Å². The highest BCUT2D eigenvalue weighted by molar-refractivity contribution is 5.81. The van der Waals surface area contributed by atoms with Gasteiger partial charge >= 0.3 is 0 Å². The van der Waals surface area contributed by atoms with Gasteiger partial charge in [0.25, 0.3) is 0 Å². The number of nitriles is 1. The summed E-state index contributed by atoms with van der Waals surface area (Å²) in [6.07, 6.45) is 6.84. The van der Waals surface area contributed by atoms with Crippen LogP contribution in [0.2, 0.25) is 0 Å². The van der Waals surface area contributed by atoms with Gasteiger partial charge in [0.2, 0.25) is 5.91 Å². The molecule has 0 spiro atoms. The van der Waals surface area contributed by atoms with Crippen LogP contribution in [0.5, 0.6) is 0 Å². The monoisotopic (exact) mass is 395 g/mol. The Morgan fingerprint density at radius 3 is 2.72 bits per heavy atom. The molecular weight excluding hydrogens is 366 g/mol. The molecule has 2 saturated heterocycles. The van der Waals surface area contributed by atoms with E-state index in [4.69, 9.17) is 4.74 Å². The summed E-state index contributed by atoms with van der Waals surface area (Å²) in [6.45, 7) is 2.84. The van der Waals surface area contributed by atoms with E-state index in [9.17, 15) is 15.2 Å². The normalized spacial score (nSPS) is 27.7. The van der Waals surface area contributed by atoms with Crippen molar-refractivity contribution < 1.29 is 14.6 Å². The second kappa shape index (κ2) is 9.08. The number of aliphatic hydroxyl groups is 1. The maximum Gasteiger partial charge on any atom is 0.238 e. The number of hydrogen-bond acceptors (Lipinski definition) is 5. The number of benzene rings is 1. The molecule has 0 bridgehead atoms. The highest BCUT2D eigenvalue weighted by atomic mass is 16.5. The van der Waals surface area contributed by atoms with E-state index in [1.807, 2.05) is 12.1 Å². The second-order valence-electron chi connectivity index (χ2n) is 8.10. The molecule has 1 aromatic carbocycles. The Bertz CT molecular complexity index is 810. The number of amides is 1. The minimum absolute atomic E-state index is 0.0805. The standard InChI is InChI=1S/C23H29N3O3/c24-14-20-23(19-9-5-4-8-18(19)17-6-2-1-3-7-17)21(16-27)26(20)22(28)15-25-10-12-29-13-11-25/h4-6,8-9,20-21,23,27H,1-3,7,10-13,15-16H2/t20-,21-,23-/m1/s1. The number of hydrogen-bond donors (Lipinski definition) is 1. The van der Waals surface area contributed by atoms with Crippen LogP contribution in [-0.2, 0) is 9.53 Å². The molecule has 29 heavy (non-hydrogen) atoms. The fraction of sp³-hybridized carbons (Fsp3) is 0.565. The molecule has 2 fully saturated rings. The van der Waals surface area contributed by atoms with Crippen molar-refractivity contribution in [3.8, 4) is 6.07 Å². The molecule has 6 heteroatoms. The van der Waals surface area contributed by atoms with E-state index in [1.165, 1.54) is 24.0 Å². The summed E-state index contributed by atoms with van der Waals surface area (Å²) in [5.41, 5.74) is 3.59. The third-order valence-corrected chi connectivity index (χ3v) is 6.44. The first-order valence-electron chi connectivity index (χ1n) is 10.6. The third kappa shape index (κ3) is 3.95. The van der Waals surface area contributed by atoms with Gasteiger partial charge in [-0.1, -0.05) is 30.3 Å². The number of carbonyl (C=O) groups excluding carboxylic acids is 1. The summed E-state index contributed by atoms with van der Waals surface area (Å²) in [7, 11) is 0. The highest BCUT2D eigenvalue weighted by Crippen LogP contribution is 2.44. The molecule has 1 N–H and O–H groups in total. The van der Waals surface area contributed by atoms with E-state index in [0.29, 0.717) is 13.2 Å². The number of allylic oxidation sites excluding steroid dienone is 2. The SMILES string of the molecule is N#C[C@@H]1[C@@H](c2ccccc2C2=CCCCC2)[C@@H](CO)N1C(=O)CN1CCOCC1. The molecule has 2 aliphatic heterocycles. The summed E-state index contributed by atoms with van der Waals surface area (Å²) in [4.78, 5) is 16.6. The van der Waals surface area contributed by atoms with Gasteiger partial charge in [0.1, 0.15) is 6.04 Å². The average molecular weight is 396 g/mol. The zero-order valence-electron chi connectivity index (χ0n) is 16.8. The van der Waals surface area contributed by atoms with Crippen LogP contribution in [0.25, 0.3) is 5.57 Å². The van der Waals surface area contributed by atoms with Gasteiger partial charge in [-0.3, -0.25) is 9.69 Å². The van der Waals surface area contributed by atoms with Crippen molar-refractivity contribution in [1.29, 1.82) is 5.26 Å². The number of likely N-dealkylation sites (tertiary alicyclic amines) is 1. The third-order valence-electron chi connectivity index (χ3n) is 6.44. The zero-order valence-corrected chi connectivity index (χ0v) is 16.8. The quantitative estimate of drug-likeness (QED) is 0.827. The summed E-state index contributed by atoms with van der Waals surface area (Å²) in [5.74, 6) is -0.235. The van der Waals surface area contributed by atoms with E-state index in [-0.39, 0.29) is 31.0 Å². The minimum Gasteiger partial charge on any atom is -0.394 e. The lowest BCUT2D eigenvalue weighted by atomic mass is 9.72. The maximum atomic E-state index is 13.0. The fourth-order valence-corrected chi connectivity index (χ4v) is 4.92. The van der Waals surface area contributed by atoms with Crippen LogP contribution in [-0.4, -0.2) is 72.4 Å². The van der Waals surface area contributed by atoms with Crippen LogP contribution in [0.3, 0.4) is 0 Å². The van der Waals surface area contributed by atoms with Crippen molar-refractivity contribution in [3.05, 3.63) is 41.5 Å². The molecular formula is C23H29N3O3. The molecule has 0 radical (unpaired) electrons. The number of aliphatic hydroxyl groups excluding tert-OH is 1. The number of ether oxygens (including phenoxy) is 1. The summed E-state index contributed by atoms with van der Waals surface area (Å²) >= 11 is 0. The van der Waals surface area contributed by atoms with Crippen LogP contribution in [0.15, 0.2) is 30.3 Å². The average Bonchev–Trinajstić information content (AvgIpc) is 2.75. The Balaban J connectivity index is 1.57. The van der Waals surface area contributed by atoms with Gasteiger partial charge in [-0.25, -0.2) is 0 Å². The van der Waals surface area contributed by atoms with Gasteiger partial charge in [-0.15, -0.1) is 0 Å². The molecule has 6 nitrogen and oxygen atoms in total. The summed E-state index contributed by atoms with van der Waals surface area (Å²) < 4.78 is 5.35. The molecule has 0 unspecified atom stereocenters. The number of carbonyl (C=O) groups is 1. The molecule has 1 amide bonds. The Labute approximate surface area is 172 Å². The predicted molar refractivity (Wildman–Crippen MR) is 110 cm³/mol. The number of morpholine rings is 1. The van der Waals surface area contributed by atoms with Crippen molar-refractivity contribution in [2.24, 2.45) is 0 Å². The van der Waals surface area contributed by atoms with Gasteiger partial charge in [0, 0.05) is 19.0 Å². The molecule has 3 aliphatic rings. The van der Waals surface area contributed by atoms with Gasteiger partial charge < -0.3 is 14.7 Å². The number of rotatable bonds is 5. The largest absolute Gasteiger partial charge is 0.394 e. The molecule has 1 aliphatic carbocycles. The van der Waals surface area contributed by atoms with Gasteiger partial charge in [-0.05, 0) is 42.4 Å². The molecule has 0 saturated carbocycles. The molecule has 154 valence electrons. The summed E-state index contributed by atoms with van der Waals surface area (Å²) in [5, 5.41) is 20.0. The van der Waals surface area contributed by atoms with E-state index in [2.05, 4.69) is 29.2 Å².